The van der Waals surface area contributed by atoms with Crippen LogP contribution in [0.5, 0.6) is 0 Å². The molecule has 0 amide bonds. The molecule has 0 bridgehead atoms. The van der Waals surface area contributed by atoms with Crippen molar-refractivity contribution in [3.63, 3.8) is 0 Å². The van der Waals surface area contributed by atoms with Gasteiger partial charge in [0.1, 0.15) is 10.5 Å². The smallest absolute Gasteiger partial charge is 0.268 e. The van der Waals surface area contributed by atoms with Crippen LogP contribution in [0.15, 0.2) is 33.8 Å². The molecule has 6 heteroatoms. The standard InChI is InChI=1S/C15H15N3OS2/c19-15-14-10(5-8-21-14)16-13(17-15)9-18-6-1-3-11(18)12-4-2-7-20-12/h2,4-5,7-8,11H,1,3,6,9H2,(H,16,17,19). The SMILES string of the molecule is O=c1[nH]c(CN2CCCC2c2cccs2)nc2ccsc12. The Kier molecular flexibility index (Phi) is 3.37. The van der Waals surface area contributed by atoms with Crippen LogP contribution < -0.4 is 5.56 Å². The largest absolute Gasteiger partial charge is 0.308 e. The topological polar surface area (TPSA) is 49.0 Å². The first kappa shape index (κ1) is 13.2. The number of aromatic amines is 1. The van der Waals surface area contributed by atoms with Gasteiger partial charge in [0.15, 0.2) is 0 Å². The lowest BCUT2D eigenvalue weighted by Crippen LogP contribution is -2.25. The molecule has 1 aliphatic rings. The highest BCUT2D eigenvalue weighted by Crippen LogP contribution is 2.35. The van der Waals surface area contributed by atoms with Crippen LogP contribution in [0.2, 0.25) is 0 Å². The van der Waals surface area contributed by atoms with Gasteiger partial charge in [0, 0.05) is 10.9 Å². The van der Waals surface area contributed by atoms with Crippen LogP contribution in [-0.4, -0.2) is 21.4 Å². The number of nitrogens with one attached hydrogen (secondary N) is 1. The summed E-state index contributed by atoms with van der Waals surface area (Å²) in [4.78, 5) is 23.4. The van der Waals surface area contributed by atoms with Crippen molar-refractivity contribution in [2.75, 3.05) is 6.54 Å². The van der Waals surface area contributed by atoms with Gasteiger partial charge >= 0.3 is 0 Å². The maximum atomic E-state index is 12.0. The Morgan fingerprint density at radius 3 is 3.14 bits per heavy atom. The Labute approximate surface area is 130 Å². The molecule has 1 atom stereocenters. The van der Waals surface area contributed by atoms with Crippen LogP contribution in [-0.2, 0) is 6.54 Å². The molecule has 0 saturated carbocycles. The van der Waals surface area contributed by atoms with Crippen molar-refractivity contribution in [2.24, 2.45) is 0 Å². The number of hydrogen-bond donors (Lipinski definition) is 1. The highest BCUT2D eigenvalue weighted by molar-refractivity contribution is 7.17. The van der Waals surface area contributed by atoms with Crippen molar-refractivity contribution < 1.29 is 0 Å². The molecule has 0 aromatic carbocycles. The molecule has 1 unspecified atom stereocenters. The number of thiophene rings is 2. The van der Waals surface area contributed by atoms with Gasteiger partial charge in [-0.2, -0.15) is 0 Å². The molecule has 21 heavy (non-hydrogen) atoms. The second-order valence-corrected chi connectivity index (χ2v) is 7.19. The Morgan fingerprint density at radius 1 is 1.33 bits per heavy atom. The average molecular weight is 317 g/mol. The van der Waals surface area contributed by atoms with Gasteiger partial charge in [0.05, 0.1) is 12.1 Å². The van der Waals surface area contributed by atoms with Gasteiger partial charge in [-0.05, 0) is 42.3 Å². The second kappa shape index (κ2) is 5.36. The van der Waals surface area contributed by atoms with E-state index in [0.717, 1.165) is 22.6 Å². The molecule has 108 valence electrons. The zero-order valence-electron chi connectivity index (χ0n) is 11.4. The fourth-order valence-electron chi connectivity index (χ4n) is 3.01. The van der Waals surface area contributed by atoms with Crippen LogP contribution in [0.25, 0.3) is 10.2 Å². The first-order valence-electron chi connectivity index (χ1n) is 7.05. The summed E-state index contributed by atoms with van der Waals surface area (Å²) >= 11 is 3.26. The number of H-pyrrole nitrogens is 1. The average Bonchev–Trinajstić information content (AvgIpc) is 3.19. The van der Waals surface area contributed by atoms with Gasteiger partial charge in [-0.25, -0.2) is 4.98 Å². The minimum Gasteiger partial charge on any atom is -0.308 e. The van der Waals surface area contributed by atoms with E-state index in [-0.39, 0.29) is 5.56 Å². The van der Waals surface area contributed by atoms with E-state index in [4.69, 9.17) is 0 Å². The summed E-state index contributed by atoms with van der Waals surface area (Å²) in [5.74, 6) is 0.773. The van der Waals surface area contributed by atoms with E-state index in [1.165, 1.54) is 29.1 Å². The molecule has 1 aliphatic heterocycles. The third kappa shape index (κ3) is 2.43. The van der Waals surface area contributed by atoms with Crippen LogP contribution in [0.3, 0.4) is 0 Å². The van der Waals surface area contributed by atoms with E-state index in [0.29, 0.717) is 12.6 Å². The molecule has 1 fully saturated rings. The molecule has 1 N–H and O–H groups in total. The summed E-state index contributed by atoms with van der Waals surface area (Å²) in [5, 5.41) is 4.05. The Bertz CT molecular complexity index is 806. The molecule has 1 saturated heterocycles. The van der Waals surface area contributed by atoms with Crippen LogP contribution in [0.1, 0.15) is 29.6 Å². The lowest BCUT2D eigenvalue weighted by atomic mass is 10.2. The van der Waals surface area contributed by atoms with E-state index in [9.17, 15) is 4.79 Å². The predicted octanol–water partition coefficient (Wildman–Crippen LogP) is 3.38. The van der Waals surface area contributed by atoms with Gasteiger partial charge < -0.3 is 4.98 Å². The number of nitrogens with zero attached hydrogens (tertiary/aromatic N) is 2. The van der Waals surface area contributed by atoms with E-state index in [2.05, 4.69) is 32.4 Å². The zero-order chi connectivity index (χ0) is 14.2. The third-order valence-electron chi connectivity index (χ3n) is 3.95. The normalized spacial score (nSPS) is 19.5. The molecule has 4 rings (SSSR count). The van der Waals surface area contributed by atoms with Crippen molar-refractivity contribution >= 4 is 32.9 Å². The maximum Gasteiger partial charge on any atom is 0.268 e. The van der Waals surface area contributed by atoms with Gasteiger partial charge in [0.25, 0.3) is 5.56 Å². The van der Waals surface area contributed by atoms with E-state index in [1.54, 1.807) is 0 Å². The highest BCUT2D eigenvalue weighted by atomic mass is 32.1. The minimum atomic E-state index is -0.0168. The summed E-state index contributed by atoms with van der Waals surface area (Å²) in [6.45, 7) is 1.78. The highest BCUT2D eigenvalue weighted by Gasteiger charge is 2.27. The third-order valence-corrected chi connectivity index (χ3v) is 5.83. The molecule has 3 aromatic rings. The first-order valence-corrected chi connectivity index (χ1v) is 8.81. The molecule has 4 nitrogen and oxygen atoms in total. The summed E-state index contributed by atoms with van der Waals surface area (Å²) in [6.07, 6.45) is 2.39. The van der Waals surface area contributed by atoms with Crippen LogP contribution in [0.4, 0.5) is 0 Å². The number of likely N-dealkylation sites (tertiary alicyclic amines) is 1. The quantitative estimate of drug-likeness (QED) is 0.805. The first-order chi connectivity index (χ1) is 10.3. The Balaban J connectivity index is 1.63. The molecule has 3 aromatic heterocycles. The second-order valence-electron chi connectivity index (χ2n) is 5.29. The van der Waals surface area contributed by atoms with Crippen molar-refractivity contribution in [3.05, 3.63) is 50.0 Å². The summed E-state index contributed by atoms with van der Waals surface area (Å²) in [5.41, 5.74) is 0.794. The van der Waals surface area contributed by atoms with Crippen molar-refractivity contribution in [1.29, 1.82) is 0 Å². The molecule has 0 spiro atoms. The lowest BCUT2D eigenvalue weighted by molar-refractivity contribution is 0.245. The van der Waals surface area contributed by atoms with Gasteiger partial charge in [-0.15, -0.1) is 22.7 Å². The molecule has 4 heterocycles. The molecule has 0 aliphatic carbocycles. The number of fused-ring (bicyclic) bond motifs is 1. The number of aromatic nitrogens is 2. The maximum absolute atomic E-state index is 12.0. The summed E-state index contributed by atoms with van der Waals surface area (Å²) < 4.78 is 0.718. The minimum absolute atomic E-state index is 0.0168. The van der Waals surface area contributed by atoms with Crippen LogP contribution in [0, 0.1) is 0 Å². The van der Waals surface area contributed by atoms with Gasteiger partial charge in [0.2, 0.25) is 0 Å². The summed E-state index contributed by atoms with van der Waals surface area (Å²) in [7, 11) is 0. The van der Waals surface area contributed by atoms with E-state index < -0.39 is 0 Å². The number of hydrogen-bond acceptors (Lipinski definition) is 5. The summed E-state index contributed by atoms with van der Waals surface area (Å²) in [6, 6.07) is 6.69. The Hall–Kier alpha value is -1.50. The number of rotatable bonds is 3. The predicted molar refractivity (Wildman–Crippen MR) is 86.9 cm³/mol. The molecule has 0 radical (unpaired) electrons. The van der Waals surface area contributed by atoms with E-state index >= 15 is 0 Å². The van der Waals surface area contributed by atoms with E-state index in [1.807, 2.05) is 22.8 Å². The van der Waals surface area contributed by atoms with Crippen LogP contribution >= 0.6 is 22.7 Å². The fraction of sp³-hybridized carbons (Fsp3) is 0.333. The van der Waals surface area contributed by atoms with Gasteiger partial charge in [-0.1, -0.05) is 6.07 Å². The van der Waals surface area contributed by atoms with Crippen molar-refractivity contribution in [2.45, 2.75) is 25.4 Å². The Morgan fingerprint density at radius 2 is 2.29 bits per heavy atom. The zero-order valence-corrected chi connectivity index (χ0v) is 13.0. The lowest BCUT2D eigenvalue weighted by Gasteiger charge is -2.22. The molecular weight excluding hydrogens is 302 g/mol. The van der Waals surface area contributed by atoms with Gasteiger partial charge in [-0.3, -0.25) is 9.69 Å². The molecular formula is C15H15N3OS2. The fourth-order valence-corrected chi connectivity index (χ4v) is 4.63. The monoisotopic (exact) mass is 317 g/mol. The van der Waals surface area contributed by atoms with Crippen molar-refractivity contribution in [3.8, 4) is 0 Å². The van der Waals surface area contributed by atoms with Crippen molar-refractivity contribution in [1.82, 2.24) is 14.9 Å².